The summed E-state index contributed by atoms with van der Waals surface area (Å²) in [7, 11) is 0. The Hall–Kier alpha value is 0.0374. The maximum atomic E-state index is 5.46. The quantitative estimate of drug-likeness (QED) is 0.301. The van der Waals surface area contributed by atoms with Crippen molar-refractivity contribution in [3.8, 4) is 0 Å². The van der Waals surface area contributed by atoms with E-state index in [-0.39, 0.29) is 18.9 Å². The van der Waals surface area contributed by atoms with Crippen molar-refractivity contribution in [2.24, 2.45) is 0 Å². The predicted molar refractivity (Wildman–Crippen MR) is 28.1 cm³/mol. The molecule has 3 heteroatoms. The van der Waals surface area contributed by atoms with Gasteiger partial charge in [0.25, 0.3) is 0 Å². The largest absolute Gasteiger partial charge is 1.00 e. The number of aromatic nitrogens is 1. The van der Waals surface area contributed by atoms with Crippen LogP contribution in [0.2, 0.25) is 5.02 Å². The maximum Gasteiger partial charge on any atom is 1.00 e. The topological polar surface area (TPSA) is 12.9 Å². The van der Waals surface area contributed by atoms with Crippen LogP contribution in [0.3, 0.4) is 0 Å². The van der Waals surface area contributed by atoms with Crippen molar-refractivity contribution in [2.75, 3.05) is 0 Å². The minimum atomic E-state index is 0. The number of hydrogen-bond acceptors (Lipinski definition) is 1. The second kappa shape index (κ2) is 3.97. The first-order chi connectivity index (χ1) is 3.39. The van der Waals surface area contributed by atoms with Gasteiger partial charge < -0.3 is 4.98 Å². The minimum Gasteiger partial charge on any atom is -0.393 e. The van der Waals surface area contributed by atoms with Crippen LogP contribution >= 0.6 is 11.6 Å². The van der Waals surface area contributed by atoms with Crippen LogP contribution in [0.25, 0.3) is 0 Å². The van der Waals surface area contributed by atoms with E-state index in [1.54, 1.807) is 18.3 Å². The van der Waals surface area contributed by atoms with E-state index in [4.69, 9.17) is 11.6 Å². The van der Waals surface area contributed by atoms with Gasteiger partial charge in [0.05, 0.1) is 0 Å². The van der Waals surface area contributed by atoms with E-state index in [0.29, 0.717) is 5.02 Å². The molecule has 0 bridgehead atoms. The first-order valence-corrected chi connectivity index (χ1v) is 2.25. The summed E-state index contributed by atoms with van der Waals surface area (Å²) in [5.41, 5.74) is 0. The van der Waals surface area contributed by atoms with Gasteiger partial charge in [0, 0.05) is 0 Å². The standard InChI is InChI=1S/C5H3ClN.Li/c6-5-2-1-3-7-4-5;/h1-2,4H;/q-1;+1. The third-order valence-corrected chi connectivity index (χ3v) is 0.803. The Labute approximate surface area is 65.3 Å². The van der Waals surface area contributed by atoms with E-state index < -0.39 is 0 Å². The van der Waals surface area contributed by atoms with Gasteiger partial charge in [-0.15, -0.1) is 17.7 Å². The van der Waals surface area contributed by atoms with Crippen molar-refractivity contribution >= 4 is 11.6 Å². The molecule has 0 aromatic carbocycles. The van der Waals surface area contributed by atoms with Gasteiger partial charge >= 0.3 is 18.9 Å². The van der Waals surface area contributed by atoms with Gasteiger partial charge in [-0.2, -0.15) is 6.07 Å². The van der Waals surface area contributed by atoms with Crippen LogP contribution in [0, 0.1) is 6.20 Å². The Kier molecular flexibility index (Phi) is 3.99. The molecule has 0 N–H and O–H groups in total. The van der Waals surface area contributed by atoms with E-state index in [1.807, 2.05) is 0 Å². The zero-order valence-corrected chi connectivity index (χ0v) is 5.31. The minimum absolute atomic E-state index is 0. The van der Waals surface area contributed by atoms with Gasteiger partial charge in [-0.3, -0.25) is 0 Å². The first kappa shape index (κ1) is 8.04. The molecule has 0 saturated heterocycles. The predicted octanol–water partition coefficient (Wildman–Crippen LogP) is -1.46. The van der Waals surface area contributed by atoms with Crippen LogP contribution in [-0.2, 0) is 0 Å². The number of pyridine rings is 1. The molecule has 0 saturated carbocycles. The van der Waals surface area contributed by atoms with E-state index in [1.165, 1.54) is 0 Å². The van der Waals surface area contributed by atoms with Crippen molar-refractivity contribution in [3.05, 3.63) is 29.5 Å². The Morgan fingerprint density at radius 1 is 1.62 bits per heavy atom. The number of hydrogen-bond donors (Lipinski definition) is 0. The first-order valence-electron chi connectivity index (χ1n) is 1.87. The molecule has 0 aliphatic carbocycles. The summed E-state index contributed by atoms with van der Waals surface area (Å²) in [6, 6.07) is 3.40. The molecule has 1 nitrogen and oxygen atoms in total. The van der Waals surface area contributed by atoms with Crippen LogP contribution < -0.4 is 18.9 Å². The Bertz CT molecular complexity index is 142. The monoisotopic (exact) mass is 119 g/mol. The zero-order valence-electron chi connectivity index (χ0n) is 4.56. The number of nitrogens with zero attached hydrogens (tertiary/aromatic N) is 1. The zero-order chi connectivity index (χ0) is 5.11. The molecule has 36 valence electrons. The van der Waals surface area contributed by atoms with Crippen LogP contribution in [0.5, 0.6) is 0 Å². The molecule has 0 aliphatic rings. The fraction of sp³-hybridized carbons (Fsp3) is 0. The van der Waals surface area contributed by atoms with E-state index >= 15 is 0 Å². The molecule has 1 aromatic rings. The molecule has 1 heterocycles. The molecule has 0 spiro atoms. The summed E-state index contributed by atoms with van der Waals surface area (Å²) in [6.45, 7) is 0. The molecular weight excluding hydrogens is 116 g/mol. The van der Waals surface area contributed by atoms with Crippen LogP contribution in [-0.4, -0.2) is 4.98 Å². The summed E-state index contributed by atoms with van der Waals surface area (Å²) in [4.78, 5) is 3.63. The van der Waals surface area contributed by atoms with Gasteiger partial charge in [0.1, 0.15) is 0 Å². The molecule has 0 radical (unpaired) electrons. The van der Waals surface area contributed by atoms with Gasteiger partial charge in [-0.1, -0.05) is 17.4 Å². The summed E-state index contributed by atoms with van der Waals surface area (Å²) in [6.07, 6.45) is 4.14. The summed E-state index contributed by atoms with van der Waals surface area (Å²) in [5.74, 6) is 0. The van der Waals surface area contributed by atoms with Crippen molar-refractivity contribution in [1.29, 1.82) is 0 Å². The van der Waals surface area contributed by atoms with Crippen molar-refractivity contribution < 1.29 is 18.9 Å². The van der Waals surface area contributed by atoms with Gasteiger partial charge in [0.15, 0.2) is 0 Å². The average Bonchev–Trinajstić information content (AvgIpc) is 1.69. The van der Waals surface area contributed by atoms with Crippen molar-refractivity contribution in [3.63, 3.8) is 0 Å². The Morgan fingerprint density at radius 2 is 2.38 bits per heavy atom. The SMILES string of the molecule is Clc1cc[c-]nc1.[Li+]. The second-order valence-corrected chi connectivity index (χ2v) is 1.54. The van der Waals surface area contributed by atoms with Crippen molar-refractivity contribution in [2.45, 2.75) is 0 Å². The molecule has 1 aromatic heterocycles. The molecular formula is C5H3ClLiN. The smallest absolute Gasteiger partial charge is 0.393 e. The van der Waals surface area contributed by atoms with Gasteiger partial charge in [-0.25, -0.2) is 0 Å². The maximum absolute atomic E-state index is 5.46. The fourth-order valence-electron chi connectivity index (χ4n) is 0.302. The van der Waals surface area contributed by atoms with E-state index in [0.717, 1.165) is 0 Å². The second-order valence-electron chi connectivity index (χ2n) is 1.11. The molecule has 0 fully saturated rings. The van der Waals surface area contributed by atoms with E-state index in [9.17, 15) is 0 Å². The van der Waals surface area contributed by atoms with Gasteiger partial charge in [0.2, 0.25) is 0 Å². The van der Waals surface area contributed by atoms with E-state index in [2.05, 4.69) is 11.2 Å². The molecule has 8 heavy (non-hydrogen) atoms. The van der Waals surface area contributed by atoms with Crippen LogP contribution in [0.4, 0.5) is 0 Å². The van der Waals surface area contributed by atoms with Crippen LogP contribution in [0.1, 0.15) is 0 Å². The summed E-state index contributed by atoms with van der Waals surface area (Å²) >= 11 is 5.46. The number of halogens is 1. The Balaban J connectivity index is 0.000000490. The average molecular weight is 119 g/mol. The molecule has 0 unspecified atom stereocenters. The number of rotatable bonds is 0. The molecule has 0 amide bonds. The summed E-state index contributed by atoms with van der Waals surface area (Å²) in [5, 5.41) is 0.652. The Morgan fingerprint density at radius 3 is 2.62 bits per heavy atom. The van der Waals surface area contributed by atoms with Gasteiger partial charge in [-0.05, 0) is 0 Å². The molecule has 0 aliphatic heterocycles. The van der Waals surface area contributed by atoms with Crippen molar-refractivity contribution in [1.82, 2.24) is 4.98 Å². The third kappa shape index (κ3) is 2.37. The fourth-order valence-corrected chi connectivity index (χ4v) is 0.414. The summed E-state index contributed by atoms with van der Waals surface area (Å²) < 4.78 is 0. The normalized spacial score (nSPS) is 7.62. The third-order valence-electron chi connectivity index (χ3n) is 0.580. The molecule has 0 atom stereocenters. The molecule has 1 rings (SSSR count). The van der Waals surface area contributed by atoms with Crippen LogP contribution in [0.15, 0.2) is 18.3 Å².